The highest BCUT2D eigenvalue weighted by atomic mass is 16.5. The number of aromatic nitrogens is 3. The SMILES string of the molecule is COc1ccc(Cn2c(-c3cccnc3)cc(=O)n(Cc3ccc(OC)cc3)c2=O)cc1. The van der Waals surface area contributed by atoms with Gasteiger partial charge in [0.1, 0.15) is 11.5 Å². The van der Waals surface area contributed by atoms with Crippen molar-refractivity contribution >= 4 is 0 Å². The lowest BCUT2D eigenvalue weighted by molar-refractivity contribution is 0.414. The van der Waals surface area contributed by atoms with Crippen LogP contribution in [0.1, 0.15) is 11.1 Å². The average Bonchev–Trinajstić information content (AvgIpc) is 2.84. The van der Waals surface area contributed by atoms with Crippen LogP contribution in [0.3, 0.4) is 0 Å². The zero-order chi connectivity index (χ0) is 22.5. The Morgan fingerprint density at radius 2 is 1.34 bits per heavy atom. The van der Waals surface area contributed by atoms with Gasteiger partial charge in [-0.05, 0) is 47.5 Å². The van der Waals surface area contributed by atoms with Crippen molar-refractivity contribution in [1.82, 2.24) is 14.1 Å². The van der Waals surface area contributed by atoms with Crippen molar-refractivity contribution < 1.29 is 9.47 Å². The average molecular weight is 429 g/mol. The molecule has 2 heterocycles. The zero-order valence-electron chi connectivity index (χ0n) is 17.9. The van der Waals surface area contributed by atoms with E-state index in [0.29, 0.717) is 23.6 Å². The molecule has 0 saturated carbocycles. The summed E-state index contributed by atoms with van der Waals surface area (Å²) in [6, 6.07) is 19.9. The van der Waals surface area contributed by atoms with Crippen molar-refractivity contribution in [2.24, 2.45) is 0 Å². The Balaban J connectivity index is 1.80. The fraction of sp³-hybridized carbons (Fsp3) is 0.160. The molecule has 0 aliphatic heterocycles. The number of benzene rings is 2. The van der Waals surface area contributed by atoms with Crippen molar-refractivity contribution in [3.05, 3.63) is 111 Å². The normalized spacial score (nSPS) is 10.7. The second-order valence-electron chi connectivity index (χ2n) is 7.26. The van der Waals surface area contributed by atoms with Gasteiger partial charge in [-0.2, -0.15) is 0 Å². The first-order valence-electron chi connectivity index (χ1n) is 10.1. The molecule has 0 spiro atoms. The predicted molar refractivity (Wildman–Crippen MR) is 122 cm³/mol. The van der Waals surface area contributed by atoms with Gasteiger partial charge >= 0.3 is 5.69 Å². The van der Waals surface area contributed by atoms with Gasteiger partial charge in [0.15, 0.2) is 0 Å². The largest absolute Gasteiger partial charge is 0.497 e. The van der Waals surface area contributed by atoms with Crippen LogP contribution in [0, 0.1) is 0 Å². The maximum Gasteiger partial charge on any atom is 0.332 e. The molecular weight excluding hydrogens is 406 g/mol. The van der Waals surface area contributed by atoms with E-state index in [0.717, 1.165) is 16.9 Å². The van der Waals surface area contributed by atoms with Crippen LogP contribution in [0.25, 0.3) is 11.3 Å². The Labute approximate surface area is 185 Å². The standard InChI is InChI=1S/C25H23N3O4/c1-31-21-9-5-18(6-10-21)16-27-23(20-4-3-13-26-15-20)14-24(29)28(25(27)30)17-19-7-11-22(32-2)12-8-19/h3-15H,16-17H2,1-2H3. The van der Waals surface area contributed by atoms with E-state index < -0.39 is 0 Å². The van der Waals surface area contributed by atoms with Gasteiger partial charge in [-0.1, -0.05) is 24.3 Å². The van der Waals surface area contributed by atoms with Crippen molar-refractivity contribution in [3.63, 3.8) is 0 Å². The van der Waals surface area contributed by atoms with Crippen molar-refractivity contribution in [3.8, 4) is 22.8 Å². The fourth-order valence-electron chi connectivity index (χ4n) is 3.49. The summed E-state index contributed by atoms with van der Waals surface area (Å²) in [6.07, 6.45) is 3.30. The monoisotopic (exact) mass is 429 g/mol. The summed E-state index contributed by atoms with van der Waals surface area (Å²) in [4.78, 5) is 30.6. The third kappa shape index (κ3) is 4.46. The van der Waals surface area contributed by atoms with Crippen LogP contribution >= 0.6 is 0 Å². The Morgan fingerprint density at radius 3 is 1.84 bits per heavy atom. The fourth-order valence-corrected chi connectivity index (χ4v) is 3.49. The number of methoxy groups -OCH3 is 2. The van der Waals surface area contributed by atoms with Crippen molar-refractivity contribution in [2.75, 3.05) is 14.2 Å². The minimum absolute atomic E-state index is 0.164. The van der Waals surface area contributed by atoms with Gasteiger partial charge in [-0.25, -0.2) is 4.79 Å². The van der Waals surface area contributed by atoms with Gasteiger partial charge < -0.3 is 9.47 Å². The molecule has 2 aromatic carbocycles. The molecule has 0 radical (unpaired) electrons. The molecular formula is C25H23N3O4. The van der Waals surface area contributed by atoms with Gasteiger partial charge in [0.2, 0.25) is 0 Å². The van der Waals surface area contributed by atoms with Gasteiger partial charge in [0, 0.05) is 24.0 Å². The summed E-state index contributed by atoms with van der Waals surface area (Å²) in [5.74, 6) is 1.45. The molecule has 4 aromatic rings. The van der Waals surface area contributed by atoms with Crippen LogP contribution in [0.5, 0.6) is 11.5 Å². The van der Waals surface area contributed by atoms with E-state index in [1.54, 1.807) is 49.4 Å². The summed E-state index contributed by atoms with van der Waals surface area (Å²) in [7, 11) is 3.20. The Kier molecular flexibility index (Phi) is 6.17. The molecule has 4 rings (SSSR count). The van der Waals surface area contributed by atoms with Crippen LogP contribution in [-0.2, 0) is 13.1 Å². The molecule has 162 valence electrons. The van der Waals surface area contributed by atoms with E-state index in [2.05, 4.69) is 4.98 Å². The lowest BCUT2D eigenvalue weighted by atomic mass is 10.1. The quantitative estimate of drug-likeness (QED) is 0.451. The number of nitrogens with zero attached hydrogens (tertiary/aromatic N) is 3. The molecule has 0 amide bonds. The molecule has 0 unspecified atom stereocenters. The number of pyridine rings is 1. The maximum absolute atomic E-state index is 13.5. The van der Waals surface area contributed by atoms with Crippen molar-refractivity contribution in [1.29, 1.82) is 0 Å². The van der Waals surface area contributed by atoms with Crippen molar-refractivity contribution in [2.45, 2.75) is 13.1 Å². The molecule has 0 atom stereocenters. The van der Waals surface area contributed by atoms with Crippen LogP contribution in [0.2, 0.25) is 0 Å². The molecule has 0 bridgehead atoms. The Hall–Kier alpha value is -4.13. The topological polar surface area (TPSA) is 75.3 Å². The number of rotatable bonds is 7. The molecule has 0 aliphatic rings. The molecule has 0 aliphatic carbocycles. The summed E-state index contributed by atoms with van der Waals surface area (Å²) in [5.41, 5.74) is 2.21. The van der Waals surface area contributed by atoms with Crippen LogP contribution in [-0.4, -0.2) is 28.3 Å². The van der Waals surface area contributed by atoms with E-state index in [-0.39, 0.29) is 17.8 Å². The first-order valence-corrected chi connectivity index (χ1v) is 10.1. The van der Waals surface area contributed by atoms with Gasteiger partial charge in [0.05, 0.1) is 33.0 Å². The highest BCUT2D eigenvalue weighted by Gasteiger charge is 2.14. The Morgan fingerprint density at radius 1 is 0.781 bits per heavy atom. The van der Waals surface area contributed by atoms with Crippen LogP contribution in [0.4, 0.5) is 0 Å². The van der Waals surface area contributed by atoms with E-state index in [1.807, 2.05) is 42.5 Å². The molecule has 0 saturated heterocycles. The molecule has 0 fully saturated rings. The van der Waals surface area contributed by atoms with E-state index in [1.165, 1.54) is 10.6 Å². The molecule has 2 aromatic heterocycles. The van der Waals surface area contributed by atoms with Gasteiger partial charge in [-0.3, -0.25) is 18.9 Å². The molecule has 7 heteroatoms. The second-order valence-corrected chi connectivity index (χ2v) is 7.26. The minimum Gasteiger partial charge on any atom is -0.497 e. The first kappa shape index (κ1) is 21.1. The summed E-state index contributed by atoms with van der Waals surface area (Å²) in [5, 5.41) is 0. The molecule has 0 N–H and O–H groups in total. The van der Waals surface area contributed by atoms with Gasteiger partial charge in [0.25, 0.3) is 5.56 Å². The third-order valence-electron chi connectivity index (χ3n) is 5.24. The lowest BCUT2D eigenvalue weighted by Crippen LogP contribution is -2.40. The summed E-state index contributed by atoms with van der Waals surface area (Å²) >= 11 is 0. The third-order valence-corrected chi connectivity index (χ3v) is 5.24. The van der Waals surface area contributed by atoms with Crippen LogP contribution in [0.15, 0.2) is 88.7 Å². The number of ether oxygens (including phenoxy) is 2. The number of hydrogen-bond donors (Lipinski definition) is 0. The lowest BCUT2D eigenvalue weighted by Gasteiger charge is -2.16. The van der Waals surface area contributed by atoms with E-state index >= 15 is 0 Å². The Bertz CT molecular complexity index is 1310. The van der Waals surface area contributed by atoms with Gasteiger partial charge in [-0.15, -0.1) is 0 Å². The summed E-state index contributed by atoms with van der Waals surface area (Å²) in [6.45, 7) is 0.466. The van der Waals surface area contributed by atoms with E-state index in [9.17, 15) is 9.59 Å². The highest BCUT2D eigenvalue weighted by Crippen LogP contribution is 2.18. The first-order chi connectivity index (χ1) is 15.6. The molecule has 32 heavy (non-hydrogen) atoms. The minimum atomic E-state index is -0.386. The number of hydrogen-bond acceptors (Lipinski definition) is 5. The highest BCUT2D eigenvalue weighted by molar-refractivity contribution is 5.57. The smallest absolute Gasteiger partial charge is 0.332 e. The predicted octanol–water partition coefficient (Wildman–Crippen LogP) is 3.19. The maximum atomic E-state index is 13.5. The second kappa shape index (κ2) is 9.34. The van der Waals surface area contributed by atoms with Crippen LogP contribution < -0.4 is 20.7 Å². The van der Waals surface area contributed by atoms with E-state index in [4.69, 9.17) is 9.47 Å². The zero-order valence-corrected chi connectivity index (χ0v) is 17.9. The summed E-state index contributed by atoms with van der Waals surface area (Å²) < 4.78 is 13.2. The molecule has 7 nitrogen and oxygen atoms in total.